The third-order valence-electron chi connectivity index (χ3n) is 3.52. The lowest BCUT2D eigenvalue weighted by Crippen LogP contribution is -2.39. The van der Waals surface area contributed by atoms with Crippen LogP contribution in [0.15, 0.2) is 34.1 Å². The van der Waals surface area contributed by atoms with Crippen molar-refractivity contribution >= 4 is 26.0 Å². The van der Waals surface area contributed by atoms with Gasteiger partial charge in [0.15, 0.2) is 0 Å². The third kappa shape index (κ3) is 3.71. The first-order chi connectivity index (χ1) is 10.7. The standard InChI is InChI=1S/C13H18N2O6S2/c1-10(13(16)17)14-22(18,19)11-6-2-3-7-12(11)23(20,21)15-8-4-5-9-15/h2-3,6-7,10,14H,4-5,8-9H2,1H3,(H,16,17)/t10-/m1/s1. The van der Waals surface area contributed by atoms with E-state index < -0.39 is 37.0 Å². The van der Waals surface area contributed by atoms with Gasteiger partial charge in [-0.25, -0.2) is 16.8 Å². The largest absolute Gasteiger partial charge is 0.480 e. The lowest BCUT2D eigenvalue weighted by molar-refractivity contribution is -0.138. The zero-order valence-corrected chi connectivity index (χ0v) is 14.1. The van der Waals surface area contributed by atoms with Crippen LogP contribution in [-0.4, -0.2) is 51.3 Å². The molecule has 0 unspecified atom stereocenters. The van der Waals surface area contributed by atoms with Gasteiger partial charge in [-0.1, -0.05) is 12.1 Å². The fraction of sp³-hybridized carbons (Fsp3) is 0.462. The van der Waals surface area contributed by atoms with E-state index in [1.165, 1.54) is 22.5 Å². The molecule has 10 heteroatoms. The van der Waals surface area contributed by atoms with Gasteiger partial charge in [-0.3, -0.25) is 4.79 Å². The number of aliphatic carboxylic acids is 1. The maximum atomic E-state index is 12.6. The van der Waals surface area contributed by atoms with Crippen LogP contribution in [0.5, 0.6) is 0 Å². The Morgan fingerprint density at radius 1 is 1.13 bits per heavy atom. The van der Waals surface area contributed by atoms with Crippen LogP contribution in [0.2, 0.25) is 0 Å². The van der Waals surface area contributed by atoms with Crippen molar-refractivity contribution < 1.29 is 26.7 Å². The molecule has 0 aliphatic carbocycles. The molecule has 1 aromatic rings. The van der Waals surface area contributed by atoms with Gasteiger partial charge in [-0.2, -0.15) is 9.03 Å². The SMILES string of the molecule is C[C@@H](NS(=O)(=O)c1ccccc1S(=O)(=O)N1CCCC1)C(=O)O. The van der Waals surface area contributed by atoms with Crippen LogP contribution in [0.4, 0.5) is 0 Å². The van der Waals surface area contributed by atoms with Crippen molar-refractivity contribution in [3.05, 3.63) is 24.3 Å². The highest BCUT2D eigenvalue weighted by atomic mass is 32.2. The van der Waals surface area contributed by atoms with Crippen LogP contribution in [0.1, 0.15) is 19.8 Å². The van der Waals surface area contributed by atoms with Crippen LogP contribution >= 0.6 is 0 Å². The Kier molecular flexibility index (Phi) is 5.09. The van der Waals surface area contributed by atoms with Gasteiger partial charge in [0.05, 0.1) is 0 Å². The summed E-state index contributed by atoms with van der Waals surface area (Å²) in [5.41, 5.74) is 0. The normalized spacial score (nSPS) is 18.0. The lowest BCUT2D eigenvalue weighted by Gasteiger charge is -2.19. The summed E-state index contributed by atoms with van der Waals surface area (Å²) in [7, 11) is -8.23. The molecule has 0 spiro atoms. The molecule has 0 saturated carbocycles. The number of nitrogens with one attached hydrogen (secondary N) is 1. The van der Waals surface area contributed by atoms with E-state index in [4.69, 9.17) is 5.11 Å². The highest BCUT2D eigenvalue weighted by molar-refractivity contribution is 7.92. The van der Waals surface area contributed by atoms with Crippen molar-refractivity contribution in [2.45, 2.75) is 35.6 Å². The molecule has 1 aromatic carbocycles. The molecule has 1 aliphatic rings. The molecule has 1 heterocycles. The Morgan fingerprint density at radius 3 is 2.17 bits per heavy atom. The summed E-state index contributed by atoms with van der Waals surface area (Å²) in [5, 5.41) is 8.84. The van der Waals surface area contributed by atoms with Crippen molar-refractivity contribution in [2.24, 2.45) is 0 Å². The van der Waals surface area contributed by atoms with Gasteiger partial charge in [-0.15, -0.1) is 0 Å². The molecule has 1 aliphatic heterocycles. The monoisotopic (exact) mass is 362 g/mol. The molecule has 0 bridgehead atoms. The van der Waals surface area contributed by atoms with Gasteiger partial charge < -0.3 is 5.11 Å². The topological polar surface area (TPSA) is 121 Å². The van der Waals surface area contributed by atoms with Crippen molar-refractivity contribution in [2.75, 3.05) is 13.1 Å². The molecular weight excluding hydrogens is 344 g/mol. The van der Waals surface area contributed by atoms with E-state index >= 15 is 0 Å². The van der Waals surface area contributed by atoms with E-state index in [9.17, 15) is 21.6 Å². The molecule has 0 aromatic heterocycles. The average molecular weight is 362 g/mol. The van der Waals surface area contributed by atoms with Gasteiger partial charge in [0.25, 0.3) is 0 Å². The zero-order chi connectivity index (χ0) is 17.3. The summed E-state index contributed by atoms with van der Waals surface area (Å²) >= 11 is 0. The van der Waals surface area contributed by atoms with E-state index in [-0.39, 0.29) is 4.90 Å². The van der Waals surface area contributed by atoms with Gasteiger partial charge in [0.1, 0.15) is 15.8 Å². The molecular formula is C13H18N2O6S2. The number of hydrogen-bond acceptors (Lipinski definition) is 5. The quantitative estimate of drug-likeness (QED) is 0.747. The number of carboxylic acid groups (broad SMARTS) is 1. The van der Waals surface area contributed by atoms with E-state index in [2.05, 4.69) is 0 Å². The smallest absolute Gasteiger partial charge is 0.321 e. The number of rotatable bonds is 6. The Morgan fingerprint density at radius 2 is 1.65 bits per heavy atom. The predicted molar refractivity (Wildman–Crippen MR) is 81.9 cm³/mol. The Hall–Kier alpha value is -1.49. The van der Waals surface area contributed by atoms with Gasteiger partial charge in [-0.05, 0) is 31.9 Å². The fourth-order valence-corrected chi connectivity index (χ4v) is 5.82. The van der Waals surface area contributed by atoms with E-state index in [0.717, 1.165) is 25.8 Å². The Bertz CT molecular complexity index is 798. The predicted octanol–water partition coefficient (Wildman–Crippen LogP) is 0.223. The van der Waals surface area contributed by atoms with E-state index in [1.54, 1.807) is 0 Å². The first-order valence-corrected chi connectivity index (χ1v) is 9.93. The number of benzene rings is 1. The summed E-state index contributed by atoms with van der Waals surface area (Å²) in [4.78, 5) is 10.1. The first-order valence-electron chi connectivity index (χ1n) is 7.00. The molecule has 1 saturated heterocycles. The number of nitrogens with zero attached hydrogens (tertiary/aromatic N) is 1. The minimum Gasteiger partial charge on any atom is -0.480 e. The summed E-state index contributed by atoms with van der Waals surface area (Å²) in [5.74, 6) is -1.35. The van der Waals surface area contributed by atoms with Crippen molar-refractivity contribution in [1.29, 1.82) is 0 Å². The van der Waals surface area contributed by atoms with Gasteiger partial charge in [0.2, 0.25) is 20.0 Å². The maximum absolute atomic E-state index is 12.6. The third-order valence-corrected chi connectivity index (χ3v) is 7.21. The van der Waals surface area contributed by atoms with E-state index in [0.29, 0.717) is 13.1 Å². The molecule has 0 amide bonds. The van der Waals surface area contributed by atoms with Gasteiger partial charge >= 0.3 is 5.97 Å². The second kappa shape index (κ2) is 6.56. The minimum absolute atomic E-state index is 0.341. The van der Waals surface area contributed by atoms with Crippen LogP contribution in [0, 0.1) is 0 Å². The summed E-state index contributed by atoms with van der Waals surface area (Å²) in [6, 6.07) is 3.82. The van der Waals surface area contributed by atoms with Crippen molar-refractivity contribution in [3.8, 4) is 0 Å². The Labute approximate surface area is 135 Å². The van der Waals surface area contributed by atoms with Crippen LogP contribution in [-0.2, 0) is 24.8 Å². The molecule has 2 rings (SSSR count). The highest BCUT2D eigenvalue weighted by Crippen LogP contribution is 2.26. The number of carbonyl (C=O) groups is 1. The highest BCUT2D eigenvalue weighted by Gasteiger charge is 2.33. The molecule has 0 radical (unpaired) electrons. The minimum atomic E-state index is -4.28. The van der Waals surface area contributed by atoms with E-state index in [1.807, 2.05) is 4.72 Å². The first kappa shape index (κ1) is 17.9. The second-order valence-electron chi connectivity index (χ2n) is 5.24. The molecule has 128 valence electrons. The zero-order valence-electron chi connectivity index (χ0n) is 12.5. The Balaban J connectivity index is 2.47. The second-order valence-corrected chi connectivity index (χ2v) is 8.83. The number of carboxylic acids is 1. The van der Waals surface area contributed by atoms with Gasteiger partial charge in [0, 0.05) is 13.1 Å². The number of sulfonamides is 2. The molecule has 2 N–H and O–H groups in total. The van der Waals surface area contributed by atoms with Crippen LogP contribution < -0.4 is 4.72 Å². The summed E-state index contributed by atoms with van der Waals surface area (Å²) < 4.78 is 53.2. The summed E-state index contributed by atoms with van der Waals surface area (Å²) in [6.45, 7) is 1.85. The van der Waals surface area contributed by atoms with Crippen LogP contribution in [0.3, 0.4) is 0 Å². The molecule has 8 nitrogen and oxygen atoms in total. The van der Waals surface area contributed by atoms with Crippen LogP contribution in [0.25, 0.3) is 0 Å². The molecule has 23 heavy (non-hydrogen) atoms. The molecule has 1 atom stereocenters. The molecule has 1 fully saturated rings. The number of hydrogen-bond donors (Lipinski definition) is 2. The van der Waals surface area contributed by atoms with Crippen molar-refractivity contribution in [3.63, 3.8) is 0 Å². The maximum Gasteiger partial charge on any atom is 0.321 e. The summed E-state index contributed by atoms with van der Waals surface area (Å²) in [6.07, 6.45) is 1.45. The lowest BCUT2D eigenvalue weighted by atomic mass is 10.4. The fourth-order valence-electron chi connectivity index (χ4n) is 2.30. The van der Waals surface area contributed by atoms with Crippen molar-refractivity contribution in [1.82, 2.24) is 9.03 Å². The average Bonchev–Trinajstić information content (AvgIpc) is 3.01.